The highest BCUT2D eigenvalue weighted by Gasteiger charge is 2.07. The van der Waals surface area contributed by atoms with E-state index in [0.717, 1.165) is 15.6 Å². The van der Waals surface area contributed by atoms with Gasteiger partial charge in [-0.1, -0.05) is 63.9 Å². The Morgan fingerprint density at radius 1 is 1.04 bits per heavy atom. The van der Waals surface area contributed by atoms with Crippen LogP contribution in [0.25, 0.3) is 6.08 Å². The van der Waals surface area contributed by atoms with Gasteiger partial charge in [-0.05, 0) is 48.0 Å². The number of benzene rings is 3. The first-order chi connectivity index (χ1) is 13.6. The molecule has 0 unspecified atom stereocenters. The number of hydrogen-bond donors (Lipinski definition) is 0. The molecule has 0 aromatic heterocycles. The Morgan fingerprint density at radius 2 is 1.86 bits per heavy atom. The minimum atomic E-state index is -0.0639. The largest absolute Gasteiger partial charge is 0.496 e. The van der Waals surface area contributed by atoms with Crippen LogP contribution < -0.4 is 9.47 Å². The quantitative estimate of drug-likeness (QED) is 0.297. The summed E-state index contributed by atoms with van der Waals surface area (Å²) in [5, 5.41) is 0.553. The molecule has 0 aliphatic rings. The predicted molar refractivity (Wildman–Crippen MR) is 116 cm³/mol. The van der Waals surface area contributed by atoms with Gasteiger partial charge in [-0.3, -0.25) is 4.79 Å². The average Bonchev–Trinajstić information content (AvgIpc) is 2.71. The van der Waals surface area contributed by atoms with Crippen molar-refractivity contribution < 1.29 is 14.3 Å². The van der Waals surface area contributed by atoms with Crippen LogP contribution in [0.2, 0.25) is 5.02 Å². The van der Waals surface area contributed by atoms with E-state index in [1.807, 2.05) is 48.5 Å². The Labute approximate surface area is 177 Å². The molecule has 0 fully saturated rings. The monoisotopic (exact) mass is 456 g/mol. The summed E-state index contributed by atoms with van der Waals surface area (Å²) in [5.74, 6) is 1.26. The molecule has 0 bridgehead atoms. The van der Waals surface area contributed by atoms with Crippen LogP contribution in [-0.2, 0) is 6.61 Å². The molecule has 0 amide bonds. The van der Waals surface area contributed by atoms with Crippen LogP contribution in [0.3, 0.4) is 0 Å². The van der Waals surface area contributed by atoms with Gasteiger partial charge in [0.2, 0.25) is 0 Å². The van der Waals surface area contributed by atoms with E-state index >= 15 is 0 Å². The summed E-state index contributed by atoms with van der Waals surface area (Å²) in [6.07, 6.45) is 3.34. The third-order valence-corrected chi connectivity index (χ3v) is 4.87. The van der Waals surface area contributed by atoms with Crippen molar-refractivity contribution in [1.29, 1.82) is 0 Å². The predicted octanol–water partition coefficient (Wildman–Crippen LogP) is 6.59. The molecule has 0 saturated heterocycles. The Balaban J connectivity index is 1.76. The highest BCUT2D eigenvalue weighted by Crippen LogP contribution is 2.27. The Bertz CT molecular complexity index is 1010. The molecule has 0 aliphatic heterocycles. The minimum absolute atomic E-state index is 0.0639. The number of carbonyl (C=O) groups excluding carboxylic acids is 1. The first kappa shape index (κ1) is 20.2. The third-order valence-electron chi connectivity index (χ3n) is 4.06. The number of ketones is 1. The standard InChI is InChI=1S/C23H18BrClO3/c1-27-22-12-10-16(9-11-21(26)17-5-4-6-19(24)14-17)13-18(22)15-28-23-8-3-2-7-20(23)25/h2-14H,15H2,1H3/b11-9+. The minimum Gasteiger partial charge on any atom is -0.496 e. The van der Waals surface area contributed by atoms with Gasteiger partial charge in [-0.25, -0.2) is 0 Å². The van der Waals surface area contributed by atoms with Crippen molar-refractivity contribution in [3.63, 3.8) is 0 Å². The van der Waals surface area contributed by atoms with Gasteiger partial charge < -0.3 is 9.47 Å². The van der Waals surface area contributed by atoms with Crippen molar-refractivity contribution in [2.75, 3.05) is 7.11 Å². The zero-order valence-corrected chi connectivity index (χ0v) is 17.5. The highest BCUT2D eigenvalue weighted by molar-refractivity contribution is 9.10. The molecule has 28 heavy (non-hydrogen) atoms. The maximum Gasteiger partial charge on any atom is 0.185 e. The molecule has 5 heteroatoms. The topological polar surface area (TPSA) is 35.5 Å². The Hall–Kier alpha value is -2.56. The number of allylic oxidation sites excluding steroid dienone is 1. The van der Waals surface area contributed by atoms with Crippen molar-refractivity contribution in [3.05, 3.63) is 99.0 Å². The van der Waals surface area contributed by atoms with Gasteiger partial charge in [0.05, 0.1) is 12.1 Å². The molecule has 0 N–H and O–H groups in total. The smallest absolute Gasteiger partial charge is 0.185 e. The highest BCUT2D eigenvalue weighted by atomic mass is 79.9. The van der Waals surface area contributed by atoms with Crippen molar-refractivity contribution in [2.45, 2.75) is 6.61 Å². The molecule has 3 rings (SSSR count). The van der Waals surface area contributed by atoms with E-state index < -0.39 is 0 Å². The van der Waals surface area contributed by atoms with Crippen LogP contribution in [0.5, 0.6) is 11.5 Å². The molecule has 3 nitrogen and oxygen atoms in total. The fourth-order valence-corrected chi connectivity index (χ4v) is 3.23. The van der Waals surface area contributed by atoms with E-state index in [2.05, 4.69) is 15.9 Å². The molecular formula is C23H18BrClO3. The summed E-state index contributed by atoms with van der Waals surface area (Å²) >= 11 is 9.52. The Kier molecular flexibility index (Phi) is 6.90. The number of para-hydroxylation sites is 1. The summed E-state index contributed by atoms with van der Waals surface area (Å²) in [6, 6.07) is 20.3. The van der Waals surface area contributed by atoms with E-state index in [4.69, 9.17) is 21.1 Å². The van der Waals surface area contributed by atoms with Crippen LogP contribution in [0.1, 0.15) is 21.5 Å². The summed E-state index contributed by atoms with van der Waals surface area (Å²) < 4.78 is 12.1. The van der Waals surface area contributed by atoms with Gasteiger partial charge >= 0.3 is 0 Å². The molecular weight excluding hydrogens is 440 g/mol. The number of carbonyl (C=O) groups is 1. The summed E-state index contributed by atoms with van der Waals surface area (Å²) in [6.45, 7) is 0.300. The fraction of sp³-hybridized carbons (Fsp3) is 0.0870. The molecule has 3 aromatic carbocycles. The number of hydrogen-bond acceptors (Lipinski definition) is 3. The van der Waals surface area contributed by atoms with Gasteiger partial charge in [0.15, 0.2) is 5.78 Å². The summed E-state index contributed by atoms with van der Waals surface area (Å²) in [5.41, 5.74) is 2.36. The zero-order valence-electron chi connectivity index (χ0n) is 15.2. The lowest BCUT2D eigenvalue weighted by Gasteiger charge is -2.12. The third kappa shape index (κ3) is 5.24. The van der Waals surface area contributed by atoms with Crippen molar-refractivity contribution in [3.8, 4) is 11.5 Å². The molecule has 0 saturated carbocycles. The summed E-state index contributed by atoms with van der Waals surface area (Å²) in [4.78, 5) is 12.4. The van der Waals surface area contributed by atoms with Crippen LogP contribution >= 0.6 is 27.5 Å². The molecule has 3 aromatic rings. The lowest BCUT2D eigenvalue weighted by molar-refractivity contribution is 0.104. The lowest BCUT2D eigenvalue weighted by atomic mass is 10.1. The van der Waals surface area contributed by atoms with Gasteiger partial charge in [0.25, 0.3) is 0 Å². The first-order valence-corrected chi connectivity index (χ1v) is 9.76. The van der Waals surface area contributed by atoms with Gasteiger partial charge in [0, 0.05) is 15.6 Å². The fourth-order valence-electron chi connectivity index (χ4n) is 2.64. The van der Waals surface area contributed by atoms with Gasteiger partial charge in [-0.2, -0.15) is 0 Å². The van der Waals surface area contributed by atoms with Gasteiger partial charge in [0.1, 0.15) is 18.1 Å². The van der Waals surface area contributed by atoms with Crippen molar-refractivity contribution in [2.24, 2.45) is 0 Å². The van der Waals surface area contributed by atoms with E-state index in [-0.39, 0.29) is 5.78 Å². The molecule has 142 valence electrons. The maximum absolute atomic E-state index is 12.4. The molecule has 0 radical (unpaired) electrons. The Morgan fingerprint density at radius 3 is 2.61 bits per heavy atom. The van der Waals surface area contributed by atoms with Crippen molar-refractivity contribution in [1.82, 2.24) is 0 Å². The van der Waals surface area contributed by atoms with E-state index in [1.54, 1.807) is 37.5 Å². The van der Waals surface area contributed by atoms with E-state index in [0.29, 0.717) is 28.7 Å². The second-order valence-electron chi connectivity index (χ2n) is 6.00. The first-order valence-electron chi connectivity index (χ1n) is 8.59. The number of halogens is 2. The normalized spacial score (nSPS) is 10.8. The second-order valence-corrected chi connectivity index (χ2v) is 7.32. The molecule has 0 atom stereocenters. The maximum atomic E-state index is 12.4. The van der Waals surface area contributed by atoms with Crippen LogP contribution in [-0.4, -0.2) is 12.9 Å². The lowest BCUT2D eigenvalue weighted by Crippen LogP contribution is -2.00. The number of ether oxygens (including phenoxy) is 2. The van der Waals surface area contributed by atoms with E-state index in [9.17, 15) is 4.79 Å². The zero-order chi connectivity index (χ0) is 19.9. The number of methoxy groups -OCH3 is 1. The van der Waals surface area contributed by atoms with Crippen LogP contribution in [0, 0.1) is 0 Å². The molecule has 0 aliphatic carbocycles. The molecule has 0 heterocycles. The number of rotatable bonds is 7. The SMILES string of the molecule is COc1ccc(/C=C/C(=O)c2cccc(Br)c2)cc1COc1ccccc1Cl. The van der Waals surface area contributed by atoms with Crippen LogP contribution in [0.4, 0.5) is 0 Å². The second kappa shape index (κ2) is 9.58. The van der Waals surface area contributed by atoms with Gasteiger partial charge in [-0.15, -0.1) is 0 Å². The van der Waals surface area contributed by atoms with E-state index in [1.165, 1.54) is 0 Å². The average molecular weight is 458 g/mol. The molecule has 0 spiro atoms. The van der Waals surface area contributed by atoms with Crippen LogP contribution in [0.15, 0.2) is 77.3 Å². The summed E-state index contributed by atoms with van der Waals surface area (Å²) in [7, 11) is 1.61. The van der Waals surface area contributed by atoms with Crippen molar-refractivity contribution >= 4 is 39.4 Å².